The molecular formula is C7H15N2O. The van der Waals surface area contributed by atoms with Gasteiger partial charge in [0, 0.05) is 25.7 Å². The summed E-state index contributed by atoms with van der Waals surface area (Å²) in [5.41, 5.74) is 0. The van der Waals surface area contributed by atoms with Crippen LogP contribution in [0.25, 0.3) is 0 Å². The minimum Gasteiger partial charge on any atom is -0.303 e. The van der Waals surface area contributed by atoms with Crippen LogP contribution in [0.15, 0.2) is 0 Å². The van der Waals surface area contributed by atoms with Gasteiger partial charge in [0.15, 0.2) is 0 Å². The summed E-state index contributed by atoms with van der Waals surface area (Å²) in [6, 6.07) is 0.235. The lowest BCUT2D eigenvalue weighted by atomic mass is 10.2. The van der Waals surface area contributed by atoms with E-state index in [1.54, 1.807) is 0 Å². The van der Waals surface area contributed by atoms with Gasteiger partial charge in [-0.1, -0.05) is 0 Å². The van der Waals surface area contributed by atoms with E-state index < -0.39 is 0 Å². The molecule has 1 saturated heterocycles. The fourth-order valence-corrected chi connectivity index (χ4v) is 1.28. The maximum Gasteiger partial charge on any atom is 0.0989 e. The summed E-state index contributed by atoms with van der Waals surface area (Å²) in [6.07, 6.45) is 0. The highest BCUT2D eigenvalue weighted by Crippen LogP contribution is 2.04. The molecule has 1 atom stereocenters. The van der Waals surface area contributed by atoms with E-state index in [4.69, 9.17) is 0 Å². The molecule has 10 heavy (non-hydrogen) atoms. The van der Waals surface area contributed by atoms with E-state index in [0.717, 1.165) is 19.6 Å². The van der Waals surface area contributed by atoms with Crippen molar-refractivity contribution in [3.05, 3.63) is 0 Å². The molecule has 0 N–H and O–H groups in total. The summed E-state index contributed by atoms with van der Waals surface area (Å²) in [4.78, 5) is 4.36. The van der Waals surface area contributed by atoms with Gasteiger partial charge in [-0.05, 0) is 14.1 Å². The molecule has 3 heteroatoms. The molecule has 0 aromatic carbocycles. The van der Waals surface area contributed by atoms with Crippen molar-refractivity contribution in [2.24, 2.45) is 0 Å². The fourth-order valence-electron chi connectivity index (χ4n) is 1.28. The van der Waals surface area contributed by atoms with Crippen molar-refractivity contribution < 1.29 is 5.11 Å². The van der Waals surface area contributed by atoms with Crippen LogP contribution in [0, 0.1) is 0 Å². The Hall–Kier alpha value is -0.120. The van der Waals surface area contributed by atoms with Gasteiger partial charge < -0.3 is 4.90 Å². The van der Waals surface area contributed by atoms with Crippen molar-refractivity contribution >= 4 is 0 Å². The zero-order valence-corrected chi connectivity index (χ0v) is 6.71. The first-order chi connectivity index (χ1) is 4.74. The molecule has 1 heterocycles. The highest BCUT2D eigenvalue weighted by Gasteiger charge is 2.20. The van der Waals surface area contributed by atoms with E-state index in [9.17, 15) is 5.11 Å². The van der Waals surface area contributed by atoms with Crippen LogP contribution >= 0.6 is 0 Å². The van der Waals surface area contributed by atoms with Crippen LogP contribution in [0.3, 0.4) is 0 Å². The monoisotopic (exact) mass is 143 g/mol. The lowest BCUT2D eigenvalue weighted by Crippen LogP contribution is -2.51. The van der Waals surface area contributed by atoms with Gasteiger partial charge in [0.2, 0.25) is 0 Å². The second-order valence-electron chi connectivity index (χ2n) is 3.06. The van der Waals surface area contributed by atoms with Crippen molar-refractivity contribution in [1.82, 2.24) is 9.80 Å². The van der Waals surface area contributed by atoms with Gasteiger partial charge in [0.25, 0.3) is 0 Å². The lowest BCUT2D eigenvalue weighted by molar-refractivity contribution is 0.0434. The molecule has 0 spiro atoms. The van der Waals surface area contributed by atoms with Gasteiger partial charge in [0.1, 0.15) is 0 Å². The van der Waals surface area contributed by atoms with Crippen LogP contribution in [0.4, 0.5) is 0 Å². The summed E-state index contributed by atoms with van der Waals surface area (Å²) >= 11 is 0. The predicted octanol–water partition coefficient (Wildman–Crippen LogP) is -0.337. The quantitative estimate of drug-likeness (QED) is 0.502. The van der Waals surface area contributed by atoms with Crippen LogP contribution in [-0.2, 0) is 5.11 Å². The average Bonchev–Trinajstić information content (AvgIpc) is 1.94. The molecule has 1 aliphatic rings. The maximum absolute atomic E-state index is 10.6. The van der Waals surface area contributed by atoms with Gasteiger partial charge in [-0.15, -0.1) is 0 Å². The van der Waals surface area contributed by atoms with Crippen molar-refractivity contribution in [2.75, 3.05) is 40.3 Å². The number of hydrogen-bond acceptors (Lipinski definition) is 2. The summed E-state index contributed by atoms with van der Waals surface area (Å²) in [7, 11) is 4.09. The third-order valence-electron chi connectivity index (χ3n) is 2.17. The van der Waals surface area contributed by atoms with Gasteiger partial charge in [-0.25, -0.2) is 5.11 Å². The van der Waals surface area contributed by atoms with E-state index in [-0.39, 0.29) is 12.6 Å². The summed E-state index contributed by atoms with van der Waals surface area (Å²) in [6.45, 7) is 3.08. The molecule has 0 amide bonds. The first kappa shape index (κ1) is 7.98. The zero-order chi connectivity index (χ0) is 7.56. The van der Waals surface area contributed by atoms with E-state index in [1.807, 2.05) is 7.05 Å². The van der Waals surface area contributed by atoms with Crippen molar-refractivity contribution in [3.63, 3.8) is 0 Å². The van der Waals surface area contributed by atoms with Gasteiger partial charge in [0.05, 0.1) is 6.61 Å². The van der Waals surface area contributed by atoms with Crippen LogP contribution in [-0.4, -0.2) is 56.2 Å². The topological polar surface area (TPSA) is 26.4 Å². The fraction of sp³-hybridized carbons (Fsp3) is 1.00. The molecule has 0 aromatic heterocycles. The summed E-state index contributed by atoms with van der Waals surface area (Å²) < 4.78 is 0. The Morgan fingerprint density at radius 1 is 1.40 bits per heavy atom. The highest BCUT2D eigenvalue weighted by atomic mass is 16.3. The van der Waals surface area contributed by atoms with Gasteiger partial charge >= 0.3 is 0 Å². The van der Waals surface area contributed by atoms with E-state index in [2.05, 4.69) is 16.8 Å². The first-order valence-electron chi connectivity index (χ1n) is 3.71. The molecule has 0 saturated carbocycles. The van der Waals surface area contributed by atoms with E-state index in [0.29, 0.717) is 0 Å². The molecule has 1 rings (SSSR count). The summed E-state index contributed by atoms with van der Waals surface area (Å²) in [5.74, 6) is 0. The van der Waals surface area contributed by atoms with E-state index in [1.165, 1.54) is 0 Å². The Balaban J connectivity index is 2.38. The number of rotatable bonds is 1. The number of piperazine rings is 1. The molecule has 0 aromatic rings. The minimum absolute atomic E-state index is 0.0286. The van der Waals surface area contributed by atoms with Crippen LogP contribution in [0.5, 0.6) is 0 Å². The molecule has 1 radical (unpaired) electrons. The lowest BCUT2D eigenvalue weighted by Gasteiger charge is -2.36. The minimum atomic E-state index is 0.0286. The summed E-state index contributed by atoms with van der Waals surface area (Å²) in [5, 5.41) is 10.6. The molecule has 0 bridgehead atoms. The SMILES string of the molecule is CN1CCN(C)C(C[O])C1. The Kier molecular flexibility index (Phi) is 2.65. The molecule has 1 unspecified atom stereocenters. The third-order valence-corrected chi connectivity index (χ3v) is 2.17. The zero-order valence-electron chi connectivity index (χ0n) is 6.71. The molecule has 1 aliphatic heterocycles. The van der Waals surface area contributed by atoms with Gasteiger partial charge in [-0.2, -0.15) is 0 Å². The van der Waals surface area contributed by atoms with Crippen LogP contribution in [0.2, 0.25) is 0 Å². The molecule has 59 valence electrons. The normalized spacial score (nSPS) is 30.9. The van der Waals surface area contributed by atoms with E-state index >= 15 is 0 Å². The van der Waals surface area contributed by atoms with Crippen molar-refractivity contribution in [1.29, 1.82) is 0 Å². The number of nitrogens with zero attached hydrogens (tertiary/aromatic N) is 2. The van der Waals surface area contributed by atoms with Crippen LogP contribution < -0.4 is 0 Å². The first-order valence-corrected chi connectivity index (χ1v) is 3.71. The average molecular weight is 143 g/mol. The standard InChI is InChI=1S/C7H15N2O/c1-8-3-4-9(2)7(5-8)6-10/h7H,3-6H2,1-2H3. The smallest absolute Gasteiger partial charge is 0.0989 e. The second kappa shape index (κ2) is 3.32. The van der Waals surface area contributed by atoms with Crippen molar-refractivity contribution in [3.8, 4) is 0 Å². The molecule has 0 aliphatic carbocycles. The Morgan fingerprint density at radius 3 is 2.60 bits per heavy atom. The molecule has 3 nitrogen and oxygen atoms in total. The second-order valence-corrected chi connectivity index (χ2v) is 3.06. The predicted molar refractivity (Wildman–Crippen MR) is 39.5 cm³/mol. The maximum atomic E-state index is 10.6. The Bertz CT molecular complexity index is 108. The third kappa shape index (κ3) is 1.68. The number of hydrogen-bond donors (Lipinski definition) is 0. The largest absolute Gasteiger partial charge is 0.303 e. The van der Waals surface area contributed by atoms with Gasteiger partial charge in [-0.3, -0.25) is 4.90 Å². The molecule has 1 fully saturated rings. The molecular weight excluding hydrogens is 128 g/mol. The van der Waals surface area contributed by atoms with Crippen LogP contribution in [0.1, 0.15) is 0 Å². The Morgan fingerprint density at radius 2 is 2.10 bits per heavy atom. The highest BCUT2D eigenvalue weighted by molar-refractivity contribution is 4.76. The number of likely N-dealkylation sites (N-methyl/N-ethyl adjacent to an activating group) is 2. The van der Waals surface area contributed by atoms with Crippen molar-refractivity contribution in [2.45, 2.75) is 6.04 Å². The Labute approximate surface area is 62.2 Å².